The number of ether oxygens (including phenoxy) is 2. The van der Waals surface area contributed by atoms with Gasteiger partial charge in [0.15, 0.2) is 0 Å². The van der Waals surface area contributed by atoms with Gasteiger partial charge in [-0.2, -0.15) is 5.26 Å². The number of amides is 1. The molecule has 0 N–H and O–H groups in total. The van der Waals surface area contributed by atoms with Gasteiger partial charge in [0.2, 0.25) is 0 Å². The second-order valence-electron chi connectivity index (χ2n) is 6.97. The van der Waals surface area contributed by atoms with Crippen LogP contribution in [-0.4, -0.2) is 43.2 Å². The van der Waals surface area contributed by atoms with Crippen molar-refractivity contribution in [3.8, 4) is 6.07 Å². The summed E-state index contributed by atoms with van der Waals surface area (Å²) in [5.74, 6) is -0.754. The van der Waals surface area contributed by atoms with Crippen LogP contribution >= 0.6 is 11.6 Å². The number of benzene rings is 2. The number of rotatable bonds is 6. The fourth-order valence-corrected chi connectivity index (χ4v) is 3.36. The summed E-state index contributed by atoms with van der Waals surface area (Å²) >= 11 is 6.00. The molecule has 29 heavy (non-hydrogen) atoms. The Morgan fingerprint density at radius 1 is 1.41 bits per heavy atom. The number of hydrogen-bond acceptors (Lipinski definition) is 4. The van der Waals surface area contributed by atoms with Gasteiger partial charge in [-0.3, -0.25) is 4.79 Å². The summed E-state index contributed by atoms with van der Waals surface area (Å²) in [5, 5.41) is 9.41. The van der Waals surface area contributed by atoms with Gasteiger partial charge in [-0.05, 0) is 42.3 Å². The maximum atomic E-state index is 13.1. The number of halogens is 2. The SMILES string of the molecule is CC(C#N)c1cccc(C(=O)N2CCOC(COCc3ccc(F)cc3Cl)C2)c1. The quantitative estimate of drug-likeness (QED) is 0.709. The van der Waals surface area contributed by atoms with E-state index in [1.807, 2.05) is 6.07 Å². The minimum atomic E-state index is -0.392. The van der Waals surface area contributed by atoms with Crippen molar-refractivity contribution in [2.45, 2.75) is 25.6 Å². The van der Waals surface area contributed by atoms with Gasteiger partial charge in [0, 0.05) is 23.7 Å². The Balaban J connectivity index is 1.56. The fraction of sp³-hybridized carbons (Fsp3) is 0.364. The highest BCUT2D eigenvalue weighted by Crippen LogP contribution is 2.20. The number of carbonyl (C=O) groups is 1. The molecule has 1 aliphatic rings. The molecular weight excluding hydrogens is 395 g/mol. The summed E-state index contributed by atoms with van der Waals surface area (Å²) in [6.07, 6.45) is -0.256. The average Bonchev–Trinajstić information content (AvgIpc) is 2.74. The molecule has 1 saturated heterocycles. The maximum Gasteiger partial charge on any atom is 0.254 e. The standard InChI is InChI=1S/C22H22ClFN2O3/c1-15(11-25)16-3-2-4-17(9-16)22(27)26-7-8-29-20(12-26)14-28-13-18-5-6-19(24)10-21(18)23/h2-6,9-10,15,20H,7-8,12-14H2,1H3. The molecule has 0 bridgehead atoms. The van der Waals surface area contributed by atoms with E-state index in [2.05, 4.69) is 6.07 Å². The molecule has 1 fully saturated rings. The van der Waals surface area contributed by atoms with Gasteiger partial charge in [-0.15, -0.1) is 0 Å². The molecule has 2 aromatic carbocycles. The zero-order valence-electron chi connectivity index (χ0n) is 16.1. The molecule has 2 aromatic rings. The normalized spacial score (nSPS) is 17.6. The summed E-state index contributed by atoms with van der Waals surface area (Å²) in [6.45, 7) is 3.67. The molecule has 5 nitrogen and oxygen atoms in total. The van der Waals surface area contributed by atoms with E-state index in [9.17, 15) is 9.18 Å². The van der Waals surface area contributed by atoms with Crippen LogP contribution in [0.2, 0.25) is 5.02 Å². The molecule has 2 atom stereocenters. The van der Waals surface area contributed by atoms with Gasteiger partial charge < -0.3 is 14.4 Å². The van der Waals surface area contributed by atoms with E-state index < -0.39 is 5.82 Å². The number of hydrogen-bond donors (Lipinski definition) is 0. The highest BCUT2D eigenvalue weighted by molar-refractivity contribution is 6.31. The Hall–Kier alpha value is -2.46. The lowest BCUT2D eigenvalue weighted by Gasteiger charge is -2.33. The van der Waals surface area contributed by atoms with Crippen molar-refractivity contribution in [2.24, 2.45) is 0 Å². The van der Waals surface area contributed by atoms with Crippen LogP contribution in [0.3, 0.4) is 0 Å². The van der Waals surface area contributed by atoms with Crippen molar-refractivity contribution < 1.29 is 18.7 Å². The van der Waals surface area contributed by atoms with E-state index in [0.29, 0.717) is 42.5 Å². The highest BCUT2D eigenvalue weighted by atomic mass is 35.5. The zero-order valence-corrected chi connectivity index (χ0v) is 16.9. The van der Waals surface area contributed by atoms with E-state index in [1.54, 1.807) is 36.1 Å². The van der Waals surface area contributed by atoms with E-state index in [0.717, 1.165) is 5.56 Å². The Morgan fingerprint density at radius 2 is 2.24 bits per heavy atom. The van der Waals surface area contributed by atoms with Crippen LogP contribution in [0.5, 0.6) is 0 Å². The Labute approximate surface area is 174 Å². The summed E-state index contributed by atoms with van der Waals surface area (Å²) < 4.78 is 24.5. The van der Waals surface area contributed by atoms with Crippen molar-refractivity contribution >= 4 is 17.5 Å². The first-order valence-electron chi connectivity index (χ1n) is 9.40. The molecule has 0 spiro atoms. The molecule has 7 heteroatoms. The molecule has 152 valence electrons. The van der Waals surface area contributed by atoms with E-state index in [-0.39, 0.29) is 24.5 Å². The van der Waals surface area contributed by atoms with Crippen LogP contribution in [0.15, 0.2) is 42.5 Å². The van der Waals surface area contributed by atoms with Crippen LogP contribution < -0.4 is 0 Å². The lowest BCUT2D eigenvalue weighted by Crippen LogP contribution is -2.47. The lowest BCUT2D eigenvalue weighted by molar-refractivity contribution is -0.0647. The molecule has 0 saturated carbocycles. The molecular formula is C22H22ClFN2O3. The lowest BCUT2D eigenvalue weighted by atomic mass is 10.00. The van der Waals surface area contributed by atoms with E-state index >= 15 is 0 Å². The zero-order chi connectivity index (χ0) is 20.8. The van der Waals surface area contributed by atoms with Gasteiger partial charge in [0.25, 0.3) is 5.91 Å². The summed E-state index contributed by atoms with van der Waals surface area (Å²) in [7, 11) is 0. The molecule has 0 aromatic heterocycles. The third-order valence-electron chi connectivity index (χ3n) is 4.83. The molecule has 1 amide bonds. The van der Waals surface area contributed by atoms with E-state index in [4.69, 9.17) is 26.3 Å². The average molecular weight is 417 g/mol. The number of morpholine rings is 1. The molecule has 3 rings (SSSR count). The third kappa shape index (κ3) is 5.54. The van der Waals surface area contributed by atoms with Crippen molar-refractivity contribution in [2.75, 3.05) is 26.3 Å². The monoisotopic (exact) mass is 416 g/mol. The minimum absolute atomic E-state index is 0.0909. The highest BCUT2D eigenvalue weighted by Gasteiger charge is 2.25. The van der Waals surface area contributed by atoms with Gasteiger partial charge in [0.1, 0.15) is 5.82 Å². The second kappa shape index (κ2) is 9.84. The van der Waals surface area contributed by atoms with Crippen LogP contribution in [0, 0.1) is 17.1 Å². The van der Waals surface area contributed by atoms with Crippen molar-refractivity contribution in [1.82, 2.24) is 4.90 Å². The third-order valence-corrected chi connectivity index (χ3v) is 5.18. The Morgan fingerprint density at radius 3 is 3.00 bits per heavy atom. The smallest absolute Gasteiger partial charge is 0.254 e. The maximum absolute atomic E-state index is 13.1. The molecule has 1 heterocycles. The van der Waals surface area contributed by atoms with Crippen LogP contribution in [-0.2, 0) is 16.1 Å². The van der Waals surface area contributed by atoms with Crippen LogP contribution in [0.25, 0.3) is 0 Å². The van der Waals surface area contributed by atoms with Crippen molar-refractivity contribution in [3.63, 3.8) is 0 Å². The first-order chi connectivity index (χ1) is 14.0. The Bertz CT molecular complexity index is 915. The van der Waals surface area contributed by atoms with Crippen molar-refractivity contribution in [3.05, 3.63) is 70.0 Å². The van der Waals surface area contributed by atoms with Crippen LogP contribution in [0.1, 0.15) is 34.3 Å². The minimum Gasteiger partial charge on any atom is -0.374 e. The van der Waals surface area contributed by atoms with E-state index in [1.165, 1.54) is 12.1 Å². The van der Waals surface area contributed by atoms with Gasteiger partial charge in [-0.1, -0.05) is 29.8 Å². The molecule has 1 aliphatic heterocycles. The van der Waals surface area contributed by atoms with Gasteiger partial charge >= 0.3 is 0 Å². The fourth-order valence-electron chi connectivity index (χ4n) is 3.14. The number of nitriles is 1. The van der Waals surface area contributed by atoms with Gasteiger partial charge in [-0.25, -0.2) is 4.39 Å². The largest absolute Gasteiger partial charge is 0.374 e. The van der Waals surface area contributed by atoms with Crippen LogP contribution in [0.4, 0.5) is 4.39 Å². The second-order valence-corrected chi connectivity index (χ2v) is 7.38. The van der Waals surface area contributed by atoms with Gasteiger partial charge in [0.05, 0.1) is 37.9 Å². The predicted molar refractivity (Wildman–Crippen MR) is 107 cm³/mol. The summed E-state index contributed by atoms with van der Waals surface area (Å²) in [5.41, 5.74) is 2.08. The molecule has 0 aliphatic carbocycles. The predicted octanol–water partition coefficient (Wildman–Crippen LogP) is 4.16. The van der Waals surface area contributed by atoms with Crippen molar-refractivity contribution in [1.29, 1.82) is 5.26 Å². The Kier molecular flexibility index (Phi) is 7.21. The number of carbonyl (C=O) groups excluding carboxylic acids is 1. The summed E-state index contributed by atoms with van der Waals surface area (Å²) in [4.78, 5) is 14.6. The molecule has 0 radical (unpaired) electrons. The first kappa shape index (κ1) is 21.3. The summed E-state index contributed by atoms with van der Waals surface area (Å²) in [6, 6.07) is 13.5. The topological polar surface area (TPSA) is 62.6 Å². The number of nitrogens with zero attached hydrogens (tertiary/aromatic N) is 2. The molecule has 2 unspecified atom stereocenters. The first-order valence-corrected chi connectivity index (χ1v) is 9.78.